The number of halogens is 1. The molecule has 41 heavy (non-hydrogen) atoms. The number of amides is 2. The van der Waals surface area contributed by atoms with Gasteiger partial charge in [-0.1, -0.05) is 42.5 Å². The maximum atomic E-state index is 13.6. The monoisotopic (exact) mass is 671 g/mol. The topological polar surface area (TPSA) is 82.1 Å². The number of aryl methyl sites for hydroxylation is 1. The first-order valence-corrected chi connectivity index (χ1v) is 14.7. The van der Waals surface area contributed by atoms with Crippen molar-refractivity contribution in [3.05, 3.63) is 99.1 Å². The van der Waals surface area contributed by atoms with Crippen LogP contribution >= 0.6 is 22.6 Å². The summed E-state index contributed by atoms with van der Waals surface area (Å²) in [5.41, 5.74) is 1.75. The molecule has 3 rings (SSSR count). The number of rotatable bonds is 14. The van der Waals surface area contributed by atoms with Crippen molar-refractivity contribution >= 4 is 40.9 Å². The van der Waals surface area contributed by atoms with Crippen LogP contribution in [0.15, 0.2) is 78.9 Å². The first kappa shape index (κ1) is 32.3. The van der Waals surface area contributed by atoms with Gasteiger partial charge in [-0.3, -0.25) is 19.3 Å². The standard InChI is InChI=1S/C33H38INO6/c1-33(2,3)41-32(38)29(20-21-35(23-36)31(37)26-8-6-5-7-9-26)30(19-14-24-10-15-27(34)16-11-24)40-22-25-12-17-28(39-4)18-13-25/h5-13,15-18,23,29-30H,14,19-22H2,1-4H3. The van der Waals surface area contributed by atoms with Crippen molar-refractivity contribution < 1.29 is 28.6 Å². The summed E-state index contributed by atoms with van der Waals surface area (Å²) in [7, 11) is 1.61. The summed E-state index contributed by atoms with van der Waals surface area (Å²) in [4.78, 5) is 39.6. The number of ether oxygens (including phenoxy) is 3. The van der Waals surface area contributed by atoms with Gasteiger partial charge in [0.25, 0.3) is 5.91 Å². The van der Waals surface area contributed by atoms with E-state index in [9.17, 15) is 14.4 Å². The third-order valence-corrected chi connectivity index (χ3v) is 7.22. The van der Waals surface area contributed by atoms with Crippen LogP contribution in [0.1, 0.15) is 55.1 Å². The van der Waals surface area contributed by atoms with E-state index in [0.717, 1.165) is 25.3 Å². The molecule has 0 radical (unpaired) electrons. The molecule has 0 bridgehead atoms. The summed E-state index contributed by atoms with van der Waals surface area (Å²) in [5.74, 6) is -0.800. The Balaban J connectivity index is 1.85. The maximum absolute atomic E-state index is 13.6. The fraction of sp³-hybridized carbons (Fsp3) is 0.364. The van der Waals surface area contributed by atoms with Crippen molar-refractivity contribution in [2.24, 2.45) is 5.92 Å². The molecule has 3 aromatic rings. The highest BCUT2D eigenvalue weighted by Crippen LogP contribution is 2.25. The van der Waals surface area contributed by atoms with Crippen LogP contribution in [0, 0.1) is 9.49 Å². The van der Waals surface area contributed by atoms with Crippen molar-refractivity contribution in [1.29, 1.82) is 0 Å². The van der Waals surface area contributed by atoms with Gasteiger partial charge in [0, 0.05) is 15.7 Å². The predicted molar refractivity (Wildman–Crippen MR) is 167 cm³/mol. The van der Waals surface area contributed by atoms with E-state index in [4.69, 9.17) is 14.2 Å². The molecule has 0 fully saturated rings. The molecule has 2 atom stereocenters. The average Bonchev–Trinajstić information content (AvgIpc) is 2.96. The molecule has 0 saturated heterocycles. The molecule has 0 aromatic heterocycles. The lowest BCUT2D eigenvalue weighted by atomic mass is 9.92. The lowest BCUT2D eigenvalue weighted by Gasteiger charge is -2.30. The average molecular weight is 672 g/mol. The Kier molecular flexibility index (Phi) is 12.3. The van der Waals surface area contributed by atoms with E-state index in [1.165, 1.54) is 0 Å². The number of esters is 1. The molecule has 0 aliphatic heterocycles. The van der Waals surface area contributed by atoms with Crippen LogP contribution in [0.5, 0.6) is 5.75 Å². The summed E-state index contributed by atoms with van der Waals surface area (Å²) in [6.07, 6.45) is 1.43. The minimum Gasteiger partial charge on any atom is -0.497 e. The number of hydrogen-bond acceptors (Lipinski definition) is 6. The molecular weight excluding hydrogens is 633 g/mol. The molecule has 2 unspecified atom stereocenters. The SMILES string of the molecule is COc1ccc(COC(CCc2ccc(I)cc2)C(CCN(C=O)C(=O)c2ccccc2)C(=O)OC(C)(C)C)cc1. The van der Waals surface area contributed by atoms with Crippen LogP contribution in [0.2, 0.25) is 0 Å². The number of methoxy groups -OCH3 is 1. The van der Waals surface area contributed by atoms with E-state index in [0.29, 0.717) is 24.8 Å². The second kappa shape index (κ2) is 15.7. The van der Waals surface area contributed by atoms with E-state index in [1.807, 2.05) is 57.2 Å². The molecule has 0 aliphatic carbocycles. The molecule has 3 aromatic carbocycles. The first-order chi connectivity index (χ1) is 19.6. The Labute approximate surface area is 256 Å². The molecular formula is C33H38INO6. The largest absolute Gasteiger partial charge is 0.497 e. The van der Waals surface area contributed by atoms with Crippen molar-refractivity contribution in [3.63, 3.8) is 0 Å². The van der Waals surface area contributed by atoms with Gasteiger partial charge >= 0.3 is 5.97 Å². The van der Waals surface area contributed by atoms with E-state index < -0.39 is 29.5 Å². The van der Waals surface area contributed by atoms with Crippen LogP contribution in [0.4, 0.5) is 0 Å². The van der Waals surface area contributed by atoms with E-state index in [-0.39, 0.29) is 19.6 Å². The first-order valence-electron chi connectivity index (χ1n) is 13.6. The molecule has 218 valence electrons. The lowest BCUT2D eigenvalue weighted by molar-refractivity contribution is -0.167. The highest BCUT2D eigenvalue weighted by atomic mass is 127. The fourth-order valence-corrected chi connectivity index (χ4v) is 4.71. The molecule has 0 saturated carbocycles. The summed E-state index contributed by atoms with van der Waals surface area (Å²) >= 11 is 2.27. The Bertz CT molecular complexity index is 1260. The highest BCUT2D eigenvalue weighted by molar-refractivity contribution is 14.1. The smallest absolute Gasteiger partial charge is 0.312 e. The van der Waals surface area contributed by atoms with Gasteiger partial charge in [-0.15, -0.1) is 0 Å². The third kappa shape index (κ3) is 10.6. The molecule has 8 heteroatoms. The van der Waals surface area contributed by atoms with Gasteiger partial charge in [0.15, 0.2) is 0 Å². The van der Waals surface area contributed by atoms with Gasteiger partial charge < -0.3 is 14.2 Å². The molecule has 2 amide bonds. The van der Waals surface area contributed by atoms with Crippen molar-refractivity contribution in [1.82, 2.24) is 4.90 Å². The zero-order valence-electron chi connectivity index (χ0n) is 24.0. The van der Waals surface area contributed by atoms with Crippen LogP contribution in [-0.2, 0) is 32.1 Å². The maximum Gasteiger partial charge on any atom is 0.312 e. The number of nitrogens with zero attached hydrogens (tertiary/aromatic N) is 1. The predicted octanol–water partition coefficient (Wildman–Crippen LogP) is 6.46. The van der Waals surface area contributed by atoms with Crippen molar-refractivity contribution in [3.8, 4) is 5.75 Å². The number of imide groups is 1. The quantitative estimate of drug-likeness (QED) is 0.111. The van der Waals surface area contributed by atoms with E-state index in [1.54, 1.807) is 37.4 Å². The summed E-state index contributed by atoms with van der Waals surface area (Å²) in [6.45, 7) is 5.78. The van der Waals surface area contributed by atoms with Gasteiger partial charge in [0.2, 0.25) is 6.41 Å². The normalized spacial score (nSPS) is 12.7. The Hall–Kier alpha value is -3.24. The second-order valence-electron chi connectivity index (χ2n) is 10.8. The Morgan fingerprint density at radius 3 is 2.12 bits per heavy atom. The summed E-state index contributed by atoms with van der Waals surface area (Å²) in [6, 6.07) is 24.4. The van der Waals surface area contributed by atoms with Gasteiger partial charge in [0.05, 0.1) is 25.7 Å². The number of hydrogen-bond donors (Lipinski definition) is 0. The molecule has 0 N–H and O–H groups in total. The fourth-order valence-electron chi connectivity index (χ4n) is 4.35. The molecule has 0 heterocycles. The molecule has 7 nitrogen and oxygen atoms in total. The lowest BCUT2D eigenvalue weighted by Crippen LogP contribution is -2.40. The number of carbonyl (C=O) groups is 3. The van der Waals surface area contributed by atoms with Gasteiger partial charge in [-0.05, 0) is 110 Å². The van der Waals surface area contributed by atoms with Crippen LogP contribution < -0.4 is 4.74 Å². The highest BCUT2D eigenvalue weighted by Gasteiger charge is 2.34. The minimum absolute atomic E-state index is 0.0487. The summed E-state index contributed by atoms with van der Waals surface area (Å²) < 4.78 is 18.6. The van der Waals surface area contributed by atoms with Crippen LogP contribution in [-0.4, -0.2) is 48.5 Å². The zero-order chi connectivity index (χ0) is 29.8. The molecule has 0 aliphatic rings. The summed E-state index contributed by atoms with van der Waals surface area (Å²) in [5, 5.41) is 0. The van der Waals surface area contributed by atoms with Crippen molar-refractivity contribution in [2.75, 3.05) is 13.7 Å². The third-order valence-electron chi connectivity index (χ3n) is 6.50. The Morgan fingerprint density at radius 2 is 1.54 bits per heavy atom. The van der Waals surface area contributed by atoms with Gasteiger partial charge in [-0.2, -0.15) is 0 Å². The van der Waals surface area contributed by atoms with Crippen LogP contribution in [0.3, 0.4) is 0 Å². The number of carbonyl (C=O) groups excluding carboxylic acids is 3. The number of benzene rings is 3. The van der Waals surface area contributed by atoms with Crippen LogP contribution in [0.25, 0.3) is 0 Å². The van der Waals surface area contributed by atoms with E-state index >= 15 is 0 Å². The van der Waals surface area contributed by atoms with Gasteiger partial charge in [-0.25, -0.2) is 0 Å². The minimum atomic E-state index is -0.712. The zero-order valence-corrected chi connectivity index (χ0v) is 26.2. The second-order valence-corrected chi connectivity index (χ2v) is 12.0. The van der Waals surface area contributed by atoms with Gasteiger partial charge in [0.1, 0.15) is 11.4 Å². The van der Waals surface area contributed by atoms with Crippen molar-refractivity contribution in [2.45, 2.75) is 58.3 Å². The Morgan fingerprint density at radius 1 is 0.902 bits per heavy atom. The molecule has 0 spiro atoms. The van der Waals surface area contributed by atoms with E-state index in [2.05, 4.69) is 34.7 Å².